The molecular formula is C8H10FNO2. The van der Waals surface area contributed by atoms with Crippen LogP contribution in [-0.4, -0.2) is 5.11 Å². The van der Waals surface area contributed by atoms with Crippen LogP contribution in [-0.2, 0) is 11.4 Å². The van der Waals surface area contributed by atoms with E-state index in [1.807, 2.05) is 0 Å². The van der Waals surface area contributed by atoms with Gasteiger partial charge in [0.05, 0.1) is 12.2 Å². The van der Waals surface area contributed by atoms with E-state index in [4.69, 9.17) is 5.90 Å². The van der Waals surface area contributed by atoms with Crippen molar-refractivity contribution in [1.29, 1.82) is 0 Å². The fourth-order valence-electron chi connectivity index (χ4n) is 0.949. The molecule has 1 aromatic carbocycles. The van der Waals surface area contributed by atoms with Gasteiger partial charge in [-0.15, -0.1) is 0 Å². The molecule has 66 valence electrons. The third-order valence-electron chi connectivity index (χ3n) is 1.64. The van der Waals surface area contributed by atoms with Gasteiger partial charge in [0.25, 0.3) is 0 Å². The second kappa shape index (κ2) is 3.51. The van der Waals surface area contributed by atoms with Crippen LogP contribution in [0.5, 0.6) is 5.75 Å². The van der Waals surface area contributed by atoms with Crippen molar-refractivity contribution < 1.29 is 14.3 Å². The molecule has 12 heavy (non-hydrogen) atoms. The number of halogens is 1. The van der Waals surface area contributed by atoms with E-state index < -0.39 is 5.82 Å². The van der Waals surface area contributed by atoms with Gasteiger partial charge in [-0.3, -0.25) is 4.84 Å². The lowest BCUT2D eigenvalue weighted by Crippen LogP contribution is -2.02. The highest BCUT2D eigenvalue weighted by Gasteiger charge is 2.09. The van der Waals surface area contributed by atoms with Crippen molar-refractivity contribution in [2.24, 2.45) is 5.90 Å². The first-order valence-electron chi connectivity index (χ1n) is 3.45. The van der Waals surface area contributed by atoms with Crippen LogP contribution in [0.15, 0.2) is 12.1 Å². The number of rotatable bonds is 2. The number of hydrogen-bond acceptors (Lipinski definition) is 3. The molecule has 0 saturated carbocycles. The Morgan fingerprint density at radius 3 is 2.83 bits per heavy atom. The summed E-state index contributed by atoms with van der Waals surface area (Å²) in [7, 11) is 0. The number of aromatic hydroxyl groups is 1. The molecule has 0 bridgehead atoms. The molecule has 0 heterocycles. The summed E-state index contributed by atoms with van der Waals surface area (Å²) < 4.78 is 13.2. The average molecular weight is 171 g/mol. The van der Waals surface area contributed by atoms with Crippen LogP contribution in [0.1, 0.15) is 11.1 Å². The number of benzene rings is 1. The summed E-state index contributed by atoms with van der Waals surface area (Å²) >= 11 is 0. The fraction of sp³-hybridized carbons (Fsp3) is 0.250. The van der Waals surface area contributed by atoms with Crippen LogP contribution in [0.2, 0.25) is 0 Å². The van der Waals surface area contributed by atoms with Crippen LogP contribution in [0.4, 0.5) is 4.39 Å². The summed E-state index contributed by atoms with van der Waals surface area (Å²) in [4.78, 5) is 4.24. The Morgan fingerprint density at radius 2 is 2.25 bits per heavy atom. The smallest absolute Gasteiger partial charge is 0.135 e. The number of hydrogen-bond donors (Lipinski definition) is 2. The van der Waals surface area contributed by atoms with Crippen molar-refractivity contribution in [2.75, 3.05) is 0 Å². The van der Waals surface area contributed by atoms with Gasteiger partial charge in [0, 0.05) is 0 Å². The number of phenolic OH excluding ortho intramolecular Hbond substituents is 1. The second-order valence-electron chi connectivity index (χ2n) is 2.51. The highest BCUT2D eigenvalue weighted by molar-refractivity contribution is 5.36. The molecule has 0 saturated heterocycles. The van der Waals surface area contributed by atoms with E-state index in [2.05, 4.69) is 4.84 Å². The zero-order valence-electron chi connectivity index (χ0n) is 6.67. The quantitative estimate of drug-likeness (QED) is 0.658. The van der Waals surface area contributed by atoms with Gasteiger partial charge in [-0.25, -0.2) is 10.3 Å². The lowest BCUT2D eigenvalue weighted by molar-refractivity contribution is 0.119. The zero-order valence-corrected chi connectivity index (χ0v) is 6.67. The number of phenols is 1. The third-order valence-corrected chi connectivity index (χ3v) is 1.64. The van der Waals surface area contributed by atoms with Crippen LogP contribution >= 0.6 is 0 Å². The van der Waals surface area contributed by atoms with Crippen LogP contribution in [0.3, 0.4) is 0 Å². The minimum absolute atomic E-state index is 0.0949. The Labute approximate surface area is 69.5 Å². The minimum Gasteiger partial charge on any atom is -0.507 e. The number of nitrogens with two attached hydrogens (primary N) is 1. The van der Waals surface area contributed by atoms with Gasteiger partial charge in [-0.1, -0.05) is 6.07 Å². The topological polar surface area (TPSA) is 55.5 Å². The van der Waals surface area contributed by atoms with Crippen LogP contribution in [0, 0.1) is 12.7 Å². The van der Waals surface area contributed by atoms with E-state index in [9.17, 15) is 9.50 Å². The maximum absolute atomic E-state index is 13.2. The molecule has 0 aliphatic carbocycles. The van der Waals surface area contributed by atoms with Gasteiger partial charge < -0.3 is 5.11 Å². The van der Waals surface area contributed by atoms with Gasteiger partial charge in [-0.05, 0) is 18.6 Å². The molecule has 1 aromatic rings. The summed E-state index contributed by atoms with van der Waals surface area (Å²) in [6.07, 6.45) is 0. The van der Waals surface area contributed by atoms with Gasteiger partial charge in [0.1, 0.15) is 11.6 Å². The normalized spacial score (nSPS) is 10.2. The van der Waals surface area contributed by atoms with Crippen molar-refractivity contribution in [3.63, 3.8) is 0 Å². The second-order valence-corrected chi connectivity index (χ2v) is 2.51. The SMILES string of the molecule is Cc1ccc(O)c(CON)c1F. The molecule has 0 radical (unpaired) electrons. The molecule has 0 aliphatic rings. The van der Waals surface area contributed by atoms with Gasteiger partial charge >= 0.3 is 0 Å². The highest BCUT2D eigenvalue weighted by Crippen LogP contribution is 2.22. The summed E-state index contributed by atoms with van der Waals surface area (Å²) in [6, 6.07) is 2.90. The molecule has 4 heteroatoms. The van der Waals surface area contributed by atoms with Crippen molar-refractivity contribution in [3.8, 4) is 5.75 Å². The summed E-state index contributed by atoms with van der Waals surface area (Å²) in [5, 5.41) is 9.17. The first-order chi connectivity index (χ1) is 5.66. The summed E-state index contributed by atoms with van der Waals surface area (Å²) in [6.45, 7) is 1.48. The lowest BCUT2D eigenvalue weighted by Gasteiger charge is -2.05. The van der Waals surface area contributed by atoms with Crippen molar-refractivity contribution >= 4 is 0 Å². The van der Waals surface area contributed by atoms with Crippen molar-refractivity contribution in [1.82, 2.24) is 0 Å². The van der Waals surface area contributed by atoms with E-state index in [1.165, 1.54) is 12.1 Å². The van der Waals surface area contributed by atoms with Gasteiger partial charge in [-0.2, -0.15) is 0 Å². The lowest BCUT2D eigenvalue weighted by atomic mass is 10.1. The van der Waals surface area contributed by atoms with E-state index in [0.29, 0.717) is 5.56 Å². The summed E-state index contributed by atoms with van der Waals surface area (Å²) in [5.74, 6) is 4.16. The molecule has 1 rings (SSSR count). The van der Waals surface area contributed by atoms with Gasteiger partial charge in [0.15, 0.2) is 0 Å². The Kier molecular flexibility index (Phi) is 2.62. The van der Waals surface area contributed by atoms with E-state index in [-0.39, 0.29) is 17.9 Å². The van der Waals surface area contributed by atoms with E-state index in [1.54, 1.807) is 6.92 Å². The van der Waals surface area contributed by atoms with E-state index in [0.717, 1.165) is 0 Å². The Balaban J connectivity index is 3.14. The Bertz CT molecular complexity index is 289. The van der Waals surface area contributed by atoms with Crippen LogP contribution < -0.4 is 5.90 Å². The monoisotopic (exact) mass is 171 g/mol. The Hall–Kier alpha value is -1.13. The van der Waals surface area contributed by atoms with Gasteiger partial charge in [0.2, 0.25) is 0 Å². The van der Waals surface area contributed by atoms with E-state index >= 15 is 0 Å². The maximum atomic E-state index is 13.2. The molecular weight excluding hydrogens is 161 g/mol. The maximum Gasteiger partial charge on any atom is 0.135 e. The first-order valence-corrected chi connectivity index (χ1v) is 3.45. The molecule has 3 nitrogen and oxygen atoms in total. The third kappa shape index (κ3) is 1.54. The molecule has 0 unspecified atom stereocenters. The summed E-state index contributed by atoms with van der Waals surface area (Å²) in [5.41, 5.74) is 0.553. The Morgan fingerprint density at radius 1 is 1.58 bits per heavy atom. The average Bonchev–Trinajstić information content (AvgIpc) is 2.06. The molecule has 0 aliphatic heterocycles. The molecule has 0 aromatic heterocycles. The van der Waals surface area contributed by atoms with Crippen LogP contribution in [0.25, 0.3) is 0 Å². The van der Waals surface area contributed by atoms with Crippen molar-refractivity contribution in [2.45, 2.75) is 13.5 Å². The number of aryl methyl sites for hydroxylation is 1. The molecule has 3 N–H and O–H groups in total. The highest BCUT2D eigenvalue weighted by atomic mass is 19.1. The zero-order chi connectivity index (χ0) is 9.14. The largest absolute Gasteiger partial charge is 0.507 e. The molecule has 0 amide bonds. The fourth-order valence-corrected chi connectivity index (χ4v) is 0.949. The first kappa shape index (κ1) is 8.96. The predicted molar refractivity (Wildman–Crippen MR) is 41.8 cm³/mol. The molecule has 0 fully saturated rings. The predicted octanol–water partition coefficient (Wildman–Crippen LogP) is 1.23. The standard InChI is InChI=1S/C8H10FNO2/c1-5-2-3-7(11)6(4-12-10)8(5)9/h2-3,11H,4,10H2,1H3. The minimum atomic E-state index is -0.472. The molecule has 0 spiro atoms. The molecule has 0 atom stereocenters. The van der Waals surface area contributed by atoms with Crippen molar-refractivity contribution in [3.05, 3.63) is 29.1 Å².